The summed E-state index contributed by atoms with van der Waals surface area (Å²) in [6.45, 7) is -0.127. The Hall–Kier alpha value is -3.89. The SMILES string of the molecule is NC(=O)C1C(c2ccc(Oc3ccccc3)cc2)N(C(N)=O)CCN1S(=O)(=O)c1ccccc1. The van der Waals surface area contributed by atoms with Crippen molar-refractivity contribution in [3.8, 4) is 11.5 Å². The van der Waals surface area contributed by atoms with Crippen molar-refractivity contribution < 1.29 is 22.7 Å². The molecule has 4 N–H and O–H groups in total. The molecule has 3 amide bonds. The van der Waals surface area contributed by atoms with Crippen molar-refractivity contribution in [2.24, 2.45) is 11.5 Å². The Labute approximate surface area is 197 Å². The van der Waals surface area contributed by atoms with Gasteiger partial charge in [-0.15, -0.1) is 0 Å². The van der Waals surface area contributed by atoms with Gasteiger partial charge in [-0.1, -0.05) is 48.5 Å². The molecule has 1 saturated heterocycles. The van der Waals surface area contributed by atoms with Crippen molar-refractivity contribution in [2.45, 2.75) is 17.0 Å². The van der Waals surface area contributed by atoms with Crippen LogP contribution in [0.15, 0.2) is 89.8 Å². The first-order chi connectivity index (χ1) is 16.3. The molecule has 34 heavy (non-hydrogen) atoms. The number of para-hydroxylation sites is 1. The van der Waals surface area contributed by atoms with Crippen molar-refractivity contribution in [1.29, 1.82) is 0 Å². The van der Waals surface area contributed by atoms with E-state index < -0.39 is 34.0 Å². The van der Waals surface area contributed by atoms with Crippen LogP contribution in [0.25, 0.3) is 0 Å². The number of carbonyl (C=O) groups excluding carboxylic acids is 2. The van der Waals surface area contributed by atoms with E-state index in [1.165, 1.54) is 17.0 Å². The highest BCUT2D eigenvalue weighted by atomic mass is 32.2. The predicted octanol–water partition coefficient (Wildman–Crippen LogP) is 2.46. The fraction of sp³-hybridized carbons (Fsp3) is 0.167. The number of carbonyl (C=O) groups is 2. The number of hydrogen-bond donors (Lipinski definition) is 2. The molecule has 1 heterocycles. The monoisotopic (exact) mass is 480 g/mol. The fourth-order valence-corrected chi connectivity index (χ4v) is 5.69. The molecular weight excluding hydrogens is 456 g/mol. The molecule has 0 saturated carbocycles. The van der Waals surface area contributed by atoms with E-state index in [1.807, 2.05) is 18.2 Å². The summed E-state index contributed by atoms with van der Waals surface area (Å²) in [7, 11) is -4.07. The quantitative estimate of drug-likeness (QED) is 0.559. The average molecular weight is 481 g/mol. The second-order valence-electron chi connectivity index (χ2n) is 7.74. The molecule has 0 aromatic heterocycles. The summed E-state index contributed by atoms with van der Waals surface area (Å²) in [5, 5.41) is 0. The van der Waals surface area contributed by atoms with Gasteiger partial charge in [-0.05, 0) is 42.0 Å². The van der Waals surface area contributed by atoms with Gasteiger partial charge in [0.1, 0.15) is 17.5 Å². The Morgan fingerprint density at radius 2 is 1.35 bits per heavy atom. The molecule has 0 aliphatic carbocycles. The van der Waals surface area contributed by atoms with Crippen molar-refractivity contribution in [3.05, 3.63) is 90.5 Å². The van der Waals surface area contributed by atoms with Gasteiger partial charge >= 0.3 is 6.03 Å². The normalized spacial score (nSPS) is 18.9. The highest BCUT2D eigenvalue weighted by Crippen LogP contribution is 2.35. The van der Waals surface area contributed by atoms with Gasteiger partial charge in [-0.25, -0.2) is 13.2 Å². The highest BCUT2D eigenvalue weighted by molar-refractivity contribution is 7.89. The lowest BCUT2D eigenvalue weighted by Crippen LogP contribution is -2.62. The third-order valence-corrected chi connectivity index (χ3v) is 7.53. The summed E-state index contributed by atoms with van der Waals surface area (Å²) in [6, 6.07) is 20.5. The number of rotatable bonds is 6. The largest absolute Gasteiger partial charge is 0.457 e. The molecule has 1 aliphatic rings. The Kier molecular flexibility index (Phi) is 6.53. The number of sulfonamides is 1. The van der Waals surface area contributed by atoms with Gasteiger partial charge in [0.2, 0.25) is 15.9 Å². The minimum Gasteiger partial charge on any atom is -0.457 e. The third kappa shape index (κ3) is 4.59. The van der Waals surface area contributed by atoms with Crippen LogP contribution in [0.3, 0.4) is 0 Å². The summed E-state index contributed by atoms with van der Waals surface area (Å²) in [5.74, 6) is 0.280. The Morgan fingerprint density at radius 1 is 0.794 bits per heavy atom. The maximum Gasteiger partial charge on any atom is 0.315 e. The van der Waals surface area contributed by atoms with Crippen molar-refractivity contribution in [3.63, 3.8) is 0 Å². The molecule has 3 aromatic rings. The topological polar surface area (TPSA) is 136 Å². The average Bonchev–Trinajstić information content (AvgIpc) is 2.84. The molecule has 0 radical (unpaired) electrons. The van der Waals surface area contributed by atoms with Gasteiger partial charge in [-0.2, -0.15) is 4.31 Å². The van der Waals surface area contributed by atoms with Crippen LogP contribution in [0, 0.1) is 0 Å². The van der Waals surface area contributed by atoms with Crippen LogP contribution in [0.5, 0.6) is 11.5 Å². The summed E-state index contributed by atoms with van der Waals surface area (Å²) in [5.41, 5.74) is 11.8. The van der Waals surface area contributed by atoms with Crippen LogP contribution in [-0.4, -0.2) is 48.7 Å². The Bertz CT molecular complexity index is 1270. The zero-order valence-corrected chi connectivity index (χ0v) is 19.0. The number of benzene rings is 3. The van der Waals surface area contributed by atoms with E-state index in [2.05, 4.69) is 0 Å². The van der Waals surface area contributed by atoms with Crippen LogP contribution in [-0.2, 0) is 14.8 Å². The Morgan fingerprint density at radius 3 is 1.91 bits per heavy atom. The lowest BCUT2D eigenvalue weighted by Gasteiger charge is -2.44. The number of nitrogens with two attached hydrogens (primary N) is 2. The van der Waals surface area contributed by atoms with Crippen LogP contribution >= 0.6 is 0 Å². The number of urea groups is 1. The molecule has 2 atom stereocenters. The maximum absolute atomic E-state index is 13.4. The first kappa shape index (κ1) is 23.3. The first-order valence-corrected chi connectivity index (χ1v) is 12.0. The summed E-state index contributed by atoms with van der Waals surface area (Å²) < 4.78 is 33.6. The molecule has 9 nitrogen and oxygen atoms in total. The van der Waals surface area contributed by atoms with Crippen LogP contribution in [0.1, 0.15) is 11.6 Å². The molecular formula is C24H24N4O5S. The summed E-state index contributed by atoms with van der Waals surface area (Å²) >= 11 is 0. The number of nitrogens with zero attached hydrogens (tertiary/aromatic N) is 2. The summed E-state index contributed by atoms with van der Waals surface area (Å²) in [6.07, 6.45) is 0. The van der Waals surface area contributed by atoms with E-state index in [9.17, 15) is 18.0 Å². The smallest absolute Gasteiger partial charge is 0.315 e. The molecule has 3 aromatic carbocycles. The van der Waals surface area contributed by atoms with Gasteiger partial charge in [0.15, 0.2) is 0 Å². The minimum atomic E-state index is -4.07. The standard InChI is InChI=1S/C24H24N4O5S/c25-23(29)22-21(17-11-13-19(14-12-17)33-18-7-3-1-4-8-18)27(24(26)30)15-16-28(22)34(31,32)20-9-5-2-6-10-20/h1-14,21-22H,15-16H2,(H2,25,29)(H2,26,30). The van der Waals surface area contributed by atoms with E-state index in [0.29, 0.717) is 17.1 Å². The van der Waals surface area contributed by atoms with Gasteiger partial charge in [0.25, 0.3) is 0 Å². The van der Waals surface area contributed by atoms with E-state index >= 15 is 0 Å². The zero-order valence-electron chi connectivity index (χ0n) is 18.2. The van der Waals surface area contributed by atoms with E-state index in [-0.39, 0.29) is 18.0 Å². The predicted molar refractivity (Wildman–Crippen MR) is 125 cm³/mol. The number of piperazine rings is 1. The van der Waals surface area contributed by atoms with Gasteiger partial charge < -0.3 is 21.1 Å². The Balaban J connectivity index is 1.71. The molecule has 4 rings (SSSR count). The number of hydrogen-bond acceptors (Lipinski definition) is 5. The van der Waals surface area contributed by atoms with Crippen molar-refractivity contribution in [1.82, 2.24) is 9.21 Å². The molecule has 1 aliphatic heterocycles. The maximum atomic E-state index is 13.4. The first-order valence-electron chi connectivity index (χ1n) is 10.5. The molecule has 0 bridgehead atoms. The molecule has 1 fully saturated rings. The molecule has 176 valence electrons. The lowest BCUT2D eigenvalue weighted by atomic mass is 9.95. The van der Waals surface area contributed by atoms with Crippen LogP contribution in [0.4, 0.5) is 4.79 Å². The van der Waals surface area contributed by atoms with Gasteiger partial charge in [0.05, 0.1) is 10.9 Å². The molecule has 2 unspecified atom stereocenters. The second kappa shape index (κ2) is 9.54. The fourth-order valence-electron chi connectivity index (χ4n) is 4.07. The molecule has 10 heteroatoms. The third-order valence-electron chi connectivity index (χ3n) is 5.63. The highest BCUT2D eigenvalue weighted by Gasteiger charge is 2.47. The second-order valence-corrected chi connectivity index (χ2v) is 9.63. The molecule has 0 spiro atoms. The van der Waals surface area contributed by atoms with E-state index in [1.54, 1.807) is 54.6 Å². The van der Waals surface area contributed by atoms with E-state index in [4.69, 9.17) is 16.2 Å². The van der Waals surface area contributed by atoms with Gasteiger partial charge in [0, 0.05) is 13.1 Å². The lowest BCUT2D eigenvalue weighted by molar-refractivity contribution is -0.124. The van der Waals surface area contributed by atoms with Crippen molar-refractivity contribution >= 4 is 22.0 Å². The minimum absolute atomic E-state index is 0.00187. The summed E-state index contributed by atoms with van der Waals surface area (Å²) in [4.78, 5) is 26.1. The number of amides is 3. The van der Waals surface area contributed by atoms with Crippen LogP contribution in [0.2, 0.25) is 0 Å². The van der Waals surface area contributed by atoms with Crippen LogP contribution < -0.4 is 16.2 Å². The number of ether oxygens (including phenoxy) is 1. The van der Waals surface area contributed by atoms with Crippen molar-refractivity contribution in [2.75, 3.05) is 13.1 Å². The number of primary amides is 2. The zero-order chi connectivity index (χ0) is 24.3. The van der Waals surface area contributed by atoms with Gasteiger partial charge in [-0.3, -0.25) is 4.79 Å². The van der Waals surface area contributed by atoms with E-state index in [0.717, 1.165) is 4.31 Å².